The van der Waals surface area contributed by atoms with E-state index in [1.165, 1.54) is 32.1 Å². The van der Waals surface area contributed by atoms with Gasteiger partial charge in [-0.1, -0.05) is 25.0 Å². The average Bonchev–Trinajstić information content (AvgIpc) is 3.33. The van der Waals surface area contributed by atoms with Gasteiger partial charge in [0.05, 0.1) is 5.69 Å². The number of carbonyl (C=O) groups is 1. The Morgan fingerprint density at radius 3 is 2.89 bits per heavy atom. The lowest BCUT2D eigenvalue weighted by atomic mass is 9.86. The minimum Gasteiger partial charge on any atom is -0.482 e. The molecule has 1 aromatic carbocycles. The molecule has 0 atom stereocenters. The van der Waals surface area contributed by atoms with Crippen molar-refractivity contribution in [3.63, 3.8) is 0 Å². The Morgan fingerprint density at radius 1 is 1.26 bits per heavy atom. The fourth-order valence-electron chi connectivity index (χ4n) is 4.82. The van der Waals surface area contributed by atoms with E-state index in [1.54, 1.807) is 0 Å². The smallest absolute Gasteiger partial charge is 0.265 e. The first-order valence-electron chi connectivity index (χ1n) is 10.2. The molecule has 1 aliphatic carbocycles. The van der Waals surface area contributed by atoms with E-state index in [2.05, 4.69) is 15.2 Å². The van der Waals surface area contributed by atoms with Crippen LogP contribution >= 0.6 is 0 Å². The number of amides is 1. The molecule has 0 radical (unpaired) electrons. The number of ether oxygens (including phenoxy) is 1. The van der Waals surface area contributed by atoms with E-state index in [4.69, 9.17) is 4.74 Å². The molecule has 2 fully saturated rings. The van der Waals surface area contributed by atoms with Crippen LogP contribution in [0.15, 0.2) is 29.3 Å². The third kappa shape index (κ3) is 3.75. The molecule has 0 unspecified atom stereocenters. The van der Waals surface area contributed by atoms with Gasteiger partial charge in [0.25, 0.3) is 5.91 Å². The summed E-state index contributed by atoms with van der Waals surface area (Å²) < 4.78 is 5.51. The second-order valence-electron chi connectivity index (χ2n) is 8.01. The first-order chi connectivity index (χ1) is 13.2. The summed E-state index contributed by atoms with van der Waals surface area (Å²) in [4.78, 5) is 21.0. The number of nitrogens with one attached hydrogen (secondary N) is 1. The number of anilines is 1. The normalized spacial score (nSPS) is 21.5. The summed E-state index contributed by atoms with van der Waals surface area (Å²) in [5.74, 6) is 1.83. The van der Waals surface area contributed by atoms with Crippen molar-refractivity contribution in [1.29, 1.82) is 0 Å². The van der Waals surface area contributed by atoms with Crippen molar-refractivity contribution >= 4 is 17.6 Å². The number of guanidine groups is 1. The standard InChI is InChI=1S/C21H30N4O2/c1-22-20(24-14-11-21(16-24)9-4-5-10-21)23-12-6-13-25-17-7-2-3-8-18(17)27-15-19(25)26/h2-3,7-8H,4-6,9-16H2,1H3,(H,22,23). The highest BCUT2D eigenvalue weighted by Gasteiger charge is 2.41. The first-order valence-corrected chi connectivity index (χ1v) is 10.2. The third-order valence-corrected chi connectivity index (χ3v) is 6.26. The van der Waals surface area contributed by atoms with Gasteiger partial charge in [-0.3, -0.25) is 9.79 Å². The van der Waals surface area contributed by atoms with Gasteiger partial charge in [0.15, 0.2) is 12.6 Å². The molecule has 27 heavy (non-hydrogen) atoms. The van der Waals surface area contributed by atoms with Crippen LogP contribution in [0.4, 0.5) is 5.69 Å². The molecule has 6 nitrogen and oxygen atoms in total. The number of hydrogen-bond acceptors (Lipinski definition) is 3. The van der Waals surface area contributed by atoms with Gasteiger partial charge in [0, 0.05) is 33.2 Å². The number of fused-ring (bicyclic) bond motifs is 1. The van der Waals surface area contributed by atoms with Gasteiger partial charge in [0.2, 0.25) is 0 Å². The second-order valence-corrected chi connectivity index (χ2v) is 8.01. The zero-order valence-corrected chi connectivity index (χ0v) is 16.2. The summed E-state index contributed by atoms with van der Waals surface area (Å²) in [6, 6.07) is 7.75. The van der Waals surface area contributed by atoms with Gasteiger partial charge in [0.1, 0.15) is 5.75 Å². The predicted molar refractivity (Wildman–Crippen MR) is 107 cm³/mol. The second kappa shape index (κ2) is 7.79. The maximum Gasteiger partial charge on any atom is 0.265 e. The van der Waals surface area contributed by atoms with E-state index in [0.717, 1.165) is 43.5 Å². The monoisotopic (exact) mass is 370 g/mol. The first kappa shape index (κ1) is 18.1. The van der Waals surface area contributed by atoms with E-state index in [9.17, 15) is 4.79 Å². The van der Waals surface area contributed by atoms with E-state index >= 15 is 0 Å². The van der Waals surface area contributed by atoms with Gasteiger partial charge in [-0.25, -0.2) is 0 Å². The summed E-state index contributed by atoms with van der Waals surface area (Å²) in [7, 11) is 1.86. The highest BCUT2D eigenvalue weighted by Crippen LogP contribution is 2.45. The number of nitrogens with zero attached hydrogens (tertiary/aromatic N) is 3. The van der Waals surface area contributed by atoms with Crippen molar-refractivity contribution in [1.82, 2.24) is 10.2 Å². The van der Waals surface area contributed by atoms with Crippen LogP contribution in [-0.2, 0) is 4.79 Å². The molecule has 1 N–H and O–H groups in total. The van der Waals surface area contributed by atoms with Crippen LogP contribution in [0.25, 0.3) is 0 Å². The molecule has 0 bridgehead atoms. The highest BCUT2D eigenvalue weighted by molar-refractivity contribution is 5.97. The van der Waals surface area contributed by atoms with Crippen molar-refractivity contribution in [2.24, 2.45) is 10.4 Å². The van der Waals surface area contributed by atoms with Crippen LogP contribution in [0.1, 0.15) is 38.5 Å². The van der Waals surface area contributed by atoms with Crippen LogP contribution in [0.3, 0.4) is 0 Å². The molecule has 2 aliphatic heterocycles. The van der Waals surface area contributed by atoms with Crippen molar-refractivity contribution < 1.29 is 9.53 Å². The summed E-state index contributed by atoms with van der Waals surface area (Å²) >= 11 is 0. The Labute approximate surface area is 161 Å². The van der Waals surface area contributed by atoms with Gasteiger partial charge >= 0.3 is 0 Å². The summed E-state index contributed by atoms with van der Waals surface area (Å²) in [5, 5.41) is 3.50. The highest BCUT2D eigenvalue weighted by atomic mass is 16.5. The fraction of sp³-hybridized carbons (Fsp3) is 0.619. The molecule has 2 heterocycles. The largest absolute Gasteiger partial charge is 0.482 e. The molecule has 6 heteroatoms. The van der Waals surface area contributed by atoms with Crippen molar-refractivity contribution in [2.75, 3.05) is 44.7 Å². The SMILES string of the molecule is CN=C(NCCCN1C(=O)COc2ccccc21)N1CCC2(CCCC2)C1. The maximum absolute atomic E-state index is 12.2. The Kier molecular flexibility index (Phi) is 5.23. The van der Waals surface area contributed by atoms with Crippen molar-refractivity contribution in [2.45, 2.75) is 38.5 Å². The van der Waals surface area contributed by atoms with Crippen molar-refractivity contribution in [3.8, 4) is 5.75 Å². The molecule has 4 rings (SSSR count). The van der Waals surface area contributed by atoms with E-state index < -0.39 is 0 Å². The molecule has 0 aromatic heterocycles. The van der Waals surface area contributed by atoms with Crippen LogP contribution < -0.4 is 15.0 Å². The van der Waals surface area contributed by atoms with Crippen LogP contribution in [0.2, 0.25) is 0 Å². The predicted octanol–water partition coefficient (Wildman–Crippen LogP) is 2.64. The van der Waals surface area contributed by atoms with E-state index in [-0.39, 0.29) is 12.5 Å². The molecule has 1 spiro atoms. The molecule has 1 saturated carbocycles. The van der Waals surface area contributed by atoms with Crippen LogP contribution in [0.5, 0.6) is 5.75 Å². The number of rotatable bonds is 4. The Hall–Kier alpha value is -2.24. The molecule has 146 valence electrons. The van der Waals surface area contributed by atoms with Crippen molar-refractivity contribution in [3.05, 3.63) is 24.3 Å². The topological polar surface area (TPSA) is 57.2 Å². The maximum atomic E-state index is 12.2. The number of carbonyl (C=O) groups excluding carboxylic acids is 1. The van der Waals surface area contributed by atoms with Crippen LogP contribution in [0, 0.1) is 5.41 Å². The molecule has 3 aliphatic rings. The molecule has 1 saturated heterocycles. The van der Waals surface area contributed by atoms with Gasteiger partial charge in [-0.15, -0.1) is 0 Å². The molecule has 1 amide bonds. The zero-order chi connectivity index (χ0) is 18.7. The Balaban J connectivity index is 1.28. The number of para-hydroxylation sites is 2. The van der Waals surface area contributed by atoms with Gasteiger partial charge in [-0.05, 0) is 43.2 Å². The van der Waals surface area contributed by atoms with Crippen LogP contribution in [-0.4, -0.2) is 56.6 Å². The zero-order valence-electron chi connectivity index (χ0n) is 16.2. The molecular weight excluding hydrogens is 340 g/mol. The fourth-order valence-corrected chi connectivity index (χ4v) is 4.82. The Morgan fingerprint density at radius 2 is 2.07 bits per heavy atom. The molecular formula is C21H30N4O2. The minimum absolute atomic E-state index is 0.0285. The van der Waals surface area contributed by atoms with Gasteiger partial charge in [-0.2, -0.15) is 0 Å². The summed E-state index contributed by atoms with van der Waals surface area (Å²) in [5.41, 5.74) is 1.42. The number of likely N-dealkylation sites (tertiary alicyclic amines) is 1. The summed E-state index contributed by atoms with van der Waals surface area (Å²) in [6.07, 6.45) is 7.69. The Bertz CT molecular complexity index is 712. The number of aliphatic imine (C=N–C) groups is 1. The third-order valence-electron chi connectivity index (χ3n) is 6.26. The lowest BCUT2D eigenvalue weighted by Crippen LogP contribution is -2.43. The molecule has 1 aromatic rings. The lowest BCUT2D eigenvalue weighted by Gasteiger charge is -2.29. The van der Waals surface area contributed by atoms with E-state index in [1.807, 2.05) is 36.2 Å². The lowest BCUT2D eigenvalue weighted by molar-refractivity contribution is -0.121. The summed E-state index contributed by atoms with van der Waals surface area (Å²) in [6.45, 7) is 3.87. The quantitative estimate of drug-likeness (QED) is 0.503. The van der Waals surface area contributed by atoms with E-state index in [0.29, 0.717) is 12.0 Å². The minimum atomic E-state index is 0.0285. The number of benzene rings is 1. The average molecular weight is 370 g/mol. The number of hydrogen-bond donors (Lipinski definition) is 1. The van der Waals surface area contributed by atoms with Gasteiger partial charge < -0.3 is 19.9 Å².